The van der Waals surface area contributed by atoms with Crippen molar-refractivity contribution in [2.75, 3.05) is 11.1 Å². The average Bonchev–Trinajstić information content (AvgIpc) is 3.01. The Morgan fingerprint density at radius 3 is 2.72 bits per heavy atom. The lowest BCUT2D eigenvalue weighted by molar-refractivity contribution is 0.544. The number of nitrogens with two attached hydrogens (primary N) is 1. The number of halogens is 2. The number of hydrogen-bond donors (Lipinski definition) is 3. The van der Waals surface area contributed by atoms with Gasteiger partial charge in [-0.25, -0.2) is 18.6 Å². The van der Waals surface area contributed by atoms with Gasteiger partial charge in [-0.05, 0) is 30.3 Å². The second-order valence-electron chi connectivity index (χ2n) is 6.19. The van der Waals surface area contributed by atoms with E-state index >= 15 is 0 Å². The standard InChI is InChI=1S/C19H13F2N7O/c20-12-2-1-3-13(21)11(12)9-28-17-16(26-19(28)29)8-24-18(27-17)25-15-6-10(7-22)4-5-14(15)23/h1-6,8H,9,23H2,(H,26,29)(H,24,25,27). The SMILES string of the molecule is N#Cc1ccc(N)c(Nc2ncc3[nH]c(=O)n(Cc4c(F)cccc4F)c3n2)c1. The van der Waals surface area contributed by atoms with Crippen molar-refractivity contribution in [3.05, 3.63) is 75.8 Å². The molecule has 0 aliphatic carbocycles. The fourth-order valence-electron chi connectivity index (χ4n) is 2.85. The molecule has 8 nitrogen and oxygen atoms in total. The van der Waals surface area contributed by atoms with E-state index in [2.05, 4.69) is 20.3 Å². The fraction of sp³-hybridized carbons (Fsp3) is 0.0526. The van der Waals surface area contributed by atoms with Crippen LogP contribution in [0.25, 0.3) is 11.2 Å². The zero-order chi connectivity index (χ0) is 20.5. The molecule has 144 valence electrons. The first-order valence-corrected chi connectivity index (χ1v) is 8.41. The normalized spacial score (nSPS) is 10.8. The van der Waals surface area contributed by atoms with E-state index in [1.165, 1.54) is 18.3 Å². The predicted molar refractivity (Wildman–Crippen MR) is 102 cm³/mol. The van der Waals surface area contributed by atoms with Crippen LogP contribution in [0.15, 0.2) is 47.4 Å². The topological polar surface area (TPSA) is 125 Å². The molecule has 4 aromatic rings. The molecule has 0 aliphatic heterocycles. The van der Waals surface area contributed by atoms with Gasteiger partial charge >= 0.3 is 5.69 Å². The maximum absolute atomic E-state index is 14.0. The summed E-state index contributed by atoms with van der Waals surface area (Å²) >= 11 is 0. The minimum atomic E-state index is -0.764. The van der Waals surface area contributed by atoms with Crippen LogP contribution in [0.3, 0.4) is 0 Å². The maximum atomic E-state index is 14.0. The van der Waals surface area contributed by atoms with E-state index in [4.69, 9.17) is 11.0 Å². The Hall–Kier alpha value is -4.26. The molecule has 0 fully saturated rings. The Morgan fingerprint density at radius 2 is 2.00 bits per heavy atom. The van der Waals surface area contributed by atoms with Crippen LogP contribution < -0.4 is 16.7 Å². The summed E-state index contributed by atoms with van der Waals surface area (Å²) < 4.78 is 29.1. The van der Waals surface area contributed by atoms with Crippen molar-refractivity contribution in [3.63, 3.8) is 0 Å². The third-order valence-corrected chi connectivity index (χ3v) is 4.32. The van der Waals surface area contributed by atoms with Crippen LogP contribution in [0.1, 0.15) is 11.1 Å². The highest BCUT2D eigenvalue weighted by atomic mass is 19.1. The molecule has 0 radical (unpaired) electrons. The van der Waals surface area contributed by atoms with E-state index < -0.39 is 17.3 Å². The molecule has 0 unspecified atom stereocenters. The molecular weight excluding hydrogens is 380 g/mol. The van der Waals surface area contributed by atoms with E-state index in [-0.39, 0.29) is 23.7 Å². The molecule has 0 saturated heterocycles. The molecule has 0 saturated carbocycles. The van der Waals surface area contributed by atoms with E-state index in [1.807, 2.05) is 6.07 Å². The summed E-state index contributed by atoms with van der Waals surface area (Å²) in [4.78, 5) is 23.2. The van der Waals surface area contributed by atoms with Crippen LogP contribution >= 0.6 is 0 Å². The molecule has 0 atom stereocenters. The highest BCUT2D eigenvalue weighted by Gasteiger charge is 2.15. The van der Waals surface area contributed by atoms with Crippen LogP contribution in [0.5, 0.6) is 0 Å². The van der Waals surface area contributed by atoms with Gasteiger partial charge in [0.05, 0.1) is 35.7 Å². The molecular formula is C19H13F2N7O. The Morgan fingerprint density at radius 1 is 1.24 bits per heavy atom. The molecule has 29 heavy (non-hydrogen) atoms. The second-order valence-corrected chi connectivity index (χ2v) is 6.19. The minimum Gasteiger partial charge on any atom is -0.397 e. The number of aromatic nitrogens is 4. The van der Waals surface area contributed by atoms with Crippen LogP contribution in [-0.2, 0) is 6.54 Å². The number of nitriles is 1. The van der Waals surface area contributed by atoms with Crippen LogP contribution in [0.4, 0.5) is 26.1 Å². The number of imidazole rings is 1. The number of rotatable bonds is 4. The lowest BCUT2D eigenvalue weighted by Gasteiger charge is -2.09. The first-order valence-electron chi connectivity index (χ1n) is 8.41. The first kappa shape index (κ1) is 18.1. The summed E-state index contributed by atoms with van der Waals surface area (Å²) in [5, 5.41) is 11.9. The van der Waals surface area contributed by atoms with Crippen molar-refractivity contribution in [1.82, 2.24) is 19.5 Å². The Bertz CT molecular complexity index is 1320. The number of benzene rings is 2. The molecule has 0 bridgehead atoms. The first-order chi connectivity index (χ1) is 14.0. The summed E-state index contributed by atoms with van der Waals surface area (Å²) in [6, 6.07) is 10.1. The number of hydrogen-bond acceptors (Lipinski definition) is 6. The molecule has 10 heteroatoms. The number of anilines is 3. The Balaban J connectivity index is 1.76. The second kappa shape index (κ2) is 7.05. The number of H-pyrrole nitrogens is 1. The zero-order valence-electron chi connectivity index (χ0n) is 14.8. The Labute approximate surface area is 162 Å². The van der Waals surface area contributed by atoms with Crippen molar-refractivity contribution in [2.24, 2.45) is 0 Å². The highest BCUT2D eigenvalue weighted by Crippen LogP contribution is 2.23. The quantitative estimate of drug-likeness (QED) is 0.458. The van der Waals surface area contributed by atoms with Gasteiger partial charge in [0.1, 0.15) is 17.2 Å². The third kappa shape index (κ3) is 3.37. The zero-order valence-corrected chi connectivity index (χ0v) is 14.8. The van der Waals surface area contributed by atoms with Crippen LogP contribution in [0.2, 0.25) is 0 Å². The van der Waals surface area contributed by atoms with E-state index in [1.54, 1.807) is 12.1 Å². The summed E-state index contributed by atoms with van der Waals surface area (Å²) in [5.74, 6) is -1.43. The lowest BCUT2D eigenvalue weighted by Crippen LogP contribution is -2.19. The van der Waals surface area contributed by atoms with Gasteiger partial charge in [0.25, 0.3) is 0 Å². The van der Waals surface area contributed by atoms with Gasteiger partial charge in [-0.3, -0.25) is 4.57 Å². The van der Waals surface area contributed by atoms with Crippen LogP contribution in [-0.4, -0.2) is 19.5 Å². The number of fused-ring (bicyclic) bond motifs is 1. The van der Waals surface area contributed by atoms with Crippen LogP contribution in [0, 0.1) is 23.0 Å². The van der Waals surface area contributed by atoms with Gasteiger partial charge in [0.2, 0.25) is 5.95 Å². The summed E-state index contributed by atoms with van der Waals surface area (Å²) in [6.45, 7) is -0.347. The smallest absolute Gasteiger partial charge is 0.328 e. The molecule has 2 aromatic heterocycles. The van der Waals surface area contributed by atoms with E-state index in [0.717, 1.165) is 16.7 Å². The fourth-order valence-corrected chi connectivity index (χ4v) is 2.85. The van der Waals surface area contributed by atoms with Crippen molar-refractivity contribution in [2.45, 2.75) is 6.54 Å². The van der Waals surface area contributed by atoms with Gasteiger partial charge in [0, 0.05) is 5.56 Å². The maximum Gasteiger partial charge on any atom is 0.328 e. The number of aromatic amines is 1. The van der Waals surface area contributed by atoms with Gasteiger partial charge in [-0.2, -0.15) is 10.2 Å². The molecule has 4 N–H and O–H groups in total. The third-order valence-electron chi connectivity index (χ3n) is 4.32. The molecule has 2 aromatic carbocycles. The van der Waals surface area contributed by atoms with Gasteiger partial charge in [-0.15, -0.1) is 0 Å². The monoisotopic (exact) mass is 393 g/mol. The predicted octanol–water partition coefficient (Wildman–Crippen LogP) is 2.64. The van der Waals surface area contributed by atoms with E-state index in [9.17, 15) is 13.6 Å². The van der Waals surface area contributed by atoms with Crippen molar-refractivity contribution in [1.29, 1.82) is 5.26 Å². The lowest BCUT2D eigenvalue weighted by atomic mass is 10.2. The molecule has 0 amide bonds. The van der Waals surface area contributed by atoms with Crippen molar-refractivity contribution < 1.29 is 8.78 Å². The van der Waals surface area contributed by atoms with Crippen molar-refractivity contribution >= 4 is 28.5 Å². The largest absolute Gasteiger partial charge is 0.397 e. The summed E-state index contributed by atoms with van der Waals surface area (Å²) in [6.07, 6.45) is 1.37. The van der Waals surface area contributed by atoms with Gasteiger partial charge in [-0.1, -0.05) is 6.07 Å². The summed E-state index contributed by atoms with van der Waals surface area (Å²) in [5.41, 5.74) is 6.69. The molecule has 2 heterocycles. The highest BCUT2D eigenvalue weighted by molar-refractivity contribution is 5.75. The molecule has 0 aliphatic rings. The van der Waals surface area contributed by atoms with Gasteiger partial charge < -0.3 is 16.0 Å². The molecule has 4 rings (SSSR count). The summed E-state index contributed by atoms with van der Waals surface area (Å²) in [7, 11) is 0. The van der Waals surface area contributed by atoms with E-state index in [0.29, 0.717) is 22.5 Å². The number of nitrogens with one attached hydrogen (secondary N) is 2. The number of nitrogen functional groups attached to an aromatic ring is 1. The minimum absolute atomic E-state index is 0.0982. The number of nitrogens with zero attached hydrogens (tertiary/aromatic N) is 4. The van der Waals surface area contributed by atoms with Gasteiger partial charge in [0.15, 0.2) is 5.65 Å². The Kier molecular flexibility index (Phi) is 4.40. The molecule has 0 spiro atoms. The average molecular weight is 393 g/mol. The van der Waals surface area contributed by atoms with Crippen molar-refractivity contribution in [3.8, 4) is 6.07 Å².